The van der Waals surface area contributed by atoms with Crippen LogP contribution in [-0.4, -0.2) is 17.1 Å². The van der Waals surface area contributed by atoms with Crippen LogP contribution in [0.1, 0.15) is 5.56 Å². The molecule has 0 aliphatic rings. The van der Waals surface area contributed by atoms with E-state index in [4.69, 9.17) is 15.2 Å². The first-order valence-corrected chi connectivity index (χ1v) is 6.02. The van der Waals surface area contributed by atoms with E-state index in [1.165, 1.54) is 7.11 Å². The summed E-state index contributed by atoms with van der Waals surface area (Å²) in [4.78, 5) is 8.13. The fourth-order valence-electron chi connectivity index (χ4n) is 1.31. The SMILES string of the molecule is COc1nc(OCc2ccc(N)cc2)ncc1Br. The number of hydrogen-bond acceptors (Lipinski definition) is 5. The molecule has 2 aromatic rings. The molecule has 6 heteroatoms. The summed E-state index contributed by atoms with van der Waals surface area (Å²) in [6, 6.07) is 7.70. The Morgan fingerprint density at radius 3 is 2.67 bits per heavy atom. The number of methoxy groups -OCH3 is 1. The Morgan fingerprint density at radius 1 is 1.28 bits per heavy atom. The zero-order valence-corrected chi connectivity index (χ0v) is 11.3. The molecule has 0 saturated heterocycles. The summed E-state index contributed by atoms with van der Waals surface area (Å²) in [7, 11) is 1.54. The van der Waals surface area contributed by atoms with Gasteiger partial charge in [-0.25, -0.2) is 4.98 Å². The third kappa shape index (κ3) is 3.10. The van der Waals surface area contributed by atoms with Crippen LogP contribution in [0.5, 0.6) is 11.9 Å². The van der Waals surface area contributed by atoms with Crippen LogP contribution in [0.2, 0.25) is 0 Å². The minimum atomic E-state index is 0.270. The Labute approximate surface area is 113 Å². The van der Waals surface area contributed by atoms with Crippen molar-refractivity contribution in [3.05, 3.63) is 40.5 Å². The van der Waals surface area contributed by atoms with Gasteiger partial charge in [-0.2, -0.15) is 4.98 Å². The van der Waals surface area contributed by atoms with Crippen molar-refractivity contribution in [1.29, 1.82) is 0 Å². The first kappa shape index (κ1) is 12.6. The van der Waals surface area contributed by atoms with E-state index in [2.05, 4.69) is 25.9 Å². The lowest BCUT2D eigenvalue weighted by Gasteiger charge is -2.06. The highest BCUT2D eigenvalue weighted by Crippen LogP contribution is 2.22. The Hall–Kier alpha value is -1.82. The lowest BCUT2D eigenvalue weighted by atomic mass is 10.2. The highest BCUT2D eigenvalue weighted by Gasteiger charge is 2.06. The number of hydrogen-bond donors (Lipinski definition) is 1. The number of ether oxygens (including phenoxy) is 2. The number of nitrogens with zero attached hydrogens (tertiary/aromatic N) is 2. The van der Waals surface area contributed by atoms with E-state index in [1.807, 2.05) is 24.3 Å². The molecule has 0 fully saturated rings. The molecule has 0 atom stereocenters. The number of benzene rings is 1. The molecule has 0 amide bonds. The van der Waals surface area contributed by atoms with Crippen LogP contribution < -0.4 is 15.2 Å². The lowest BCUT2D eigenvalue weighted by molar-refractivity contribution is 0.273. The summed E-state index contributed by atoms with van der Waals surface area (Å²) < 4.78 is 11.2. The zero-order chi connectivity index (χ0) is 13.0. The summed E-state index contributed by atoms with van der Waals surface area (Å²) in [5.41, 5.74) is 7.32. The topological polar surface area (TPSA) is 70.3 Å². The zero-order valence-electron chi connectivity index (χ0n) is 9.76. The van der Waals surface area contributed by atoms with Gasteiger partial charge in [0, 0.05) is 5.69 Å². The third-order valence-electron chi connectivity index (χ3n) is 2.23. The first-order chi connectivity index (χ1) is 8.69. The Morgan fingerprint density at radius 2 is 2.00 bits per heavy atom. The van der Waals surface area contributed by atoms with Gasteiger partial charge in [0.05, 0.1) is 17.8 Å². The van der Waals surface area contributed by atoms with Crippen molar-refractivity contribution >= 4 is 21.6 Å². The van der Waals surface area contributed by atoms with Gasteiger partial charge in [-0.3, -0.25) is 0 Å². The van der Waals surface area contributed by atoms with Crippen molar-refractivity contribution in [3.63, 3.8) is 0 Å². The average molecular weight is 310 g/mol. The van der Waals surface area contributed by atoms with Crippen molar-refractivity contribution in [2.24, 2.45) is 0 Å². The van der Waals surface area contributed by atoms with Crippen LogP contribution >= 0.6 is 15.9 Å². The van der Waals surface area contributed by atoms with Crippen molar-refractivity contribution in [1.82, 2.24) is 9.97 Å². The number of anilines is 1. The molecule has 94 valence electrons. The molecule has 2 N–H and O–H groups in total. The van der Waals surface area contributed by atoms with E-state index in [-0.39, 0.29) is 6.01 Å². The maximum Gasteiger partial charge on any atom is 0.320 e. The summed E-state index contributed by atoms with van der Waals surface area (Å²) in [6.07, 6.45) is 1.59. The predicted molar refractivity (Wildman–Crippen MR) is 71.5 cm³/mol. The molecular weight excluding hydrogens is 298 g/mol. The van der Waals surface area contributed by atoms with Crippen molar-refractivity contribution in [3.8, 4) is 11.9 Å². The van der Waals surface area contributed by atoms with Gasteiger partial charge in [0.25, 0.3) is 0 Å². The van der Waals surface area contributed by atoms with E-state index in [0.717, 1.165) is 11.3 Å². The number of halogens is 1. The first-order valence-electron chi connectivity index (χ1n) is 5.23. The molecule has 18 heavy (non-hydrogen) atoms. The van der Waals surface area contributed by atoms with E-state index >= 15 is 0 Å². The van der Waals surface area contributed by atoms with Gasteiger partial charge < -0.3 is 15.2 Å². The normalized spacial score (nSPS) is 10.1. The average Bonchev–Trinajstić information content (AvgIpc) is 2.39. The van der Waals surface area contributed by atoms with Gasteiger partial charge >= 0.3 is 6.01 Å². The molecule has 0 saturated carbocycles. The van der Waals surface area contributed by atoms with Crippen molar-refractivity contribution < 1.29 is 9.47 Å². The number of nitrogen functional groups attached to an aromatic ring is 1. The predicted octanol–water partition coefficient (Wildman–Crippen LogP) is 2.41. The number of rotatable bonds is 4. The molecule has 1 aromatic carbocycles. The monoisotopic (exact) mass is 309 g/mol. The fraction of sp³-hybridized carbons (Fsp3) is 0.167. The molecule has 0 unspecified atom stereocenters. The van der Waals surface area contributed by atoms with E-state index in [9.17, 15) is 0 Å². The highest BCUT2D eigenvalue weighted by molar-refractivity contribution is 9.10. The molecule has 2 rings (SSSR count). The van der Waals surface area contributed by atoms with Gasteiger partial charge in [0.2, 0.25) is 5.88 Å². The number of nitrogens with two attached hydrogens (primary N) is 1. The molecule has 1 aromatic heterocycles. The van der Waals surface area contributed by atoms with Crippen LogP contribution in [0.3, 0.4) is 0 Å². The molecule has 0 spiro atoms. The lowest BCUT2D eigenvalue weighted by Crippen LogP contribution is -2.01. The second-order valence-corrected chi connectivity index (χ2v) is 4.39. The van der Waals surface area contributed by atoms with Crippen molar-refractivity contribution in [2.75, 3.05) is 12.8 Å². The van der Waals surface area contributed by atoms with Crippen LogP contribution in [0, 0.1) is 0 Å². The van der Waals surface area contributed by atoms with Crippen LogP contribution in [0.4, 0.5) is 5.69 Å². The molecule has 5 nitrogen and oxygen atoms in total. The number of aromatic nitrogens is 2. The van der Waals surface area contributed by atoms with Gasteiger partial charge in [-0.05, 0) is 33.6 Å². The van der Waals surface area contributed by atoms with Crippen LogP contribution in [0.15, 0.2) is 34.9 Å². The maximum absolute atomic E-state index is 5.60. The van der Waals surface area contributed by atoms with Crippen molar-refractivity contribution in [2.45, 2.75) is 6.61 Å². The molecule has 0 aliphatic heterocycles. The van der Waals surface area contributed by atoms with Gasteiger partial charge in [0.1, 0.15) is 6.61 Å². The second-order valence-electron chi connectivity index (χ2n) is 3.54. The Balaban J connectivity index is 2.04. The minimum Gasteiger partial charge on any atom is -0.480 e. The van der Waals surface area contributed by atoms with E-state index < -0.39 is 0 Å². The van der Waals surface area contributed by atoms with Crippen LogP contribution in [-0.2, 0) is 6.61 Å². The summed E-state index contributed by atoms with van der Waals surface area (Å²) in [5, 5.41) is 0. The quantitative estimate of drug-likeness (QED) is 0.878. The largest absolute Gasteiger partial charge is 0.480 e. The third-order valence-corrected chi connectivity index (χ3v) is 2.77. The molecular formula is C12H12BrN3O2. The summed E-state index contributed by atoms with van der Waals surface area (Å²) in [5.74, 6) is 0.442. The highest BCUT2D eigenvalue weighted by atomic mass is 79.9. The Bertz CT molecular complexity index is 531. The molecule has 0 radical (unpaired) electrons. The standard InChI is InChI=1S/C12H12BrN3O2/c1-17-11-10(13)6-15-12(16-11)18-7-8-2-4-9(14)5-3-8/h2-6H,7,14H2,1H3. The van der Waals surface area contributed by atoms with Gasteiger partial charge in [-0.1, -0.05) is 12.1 Å². The van der Waals surface area contributed by atoms with Gasteiger partial charge in [-0.15, -0.1) is 0 Å². The maximum atomic E-state index is 5.60. The second kappa shape index (κ2) is 5.68. The molecule has 0 bridgehead atoms. The fourth-order valence-corrected chi connectivity index (χ4v) is 1.66. The summed E-state index contributed by atoms with van der Waals surface area (Å²) in [6.45, 7) is 0.380. The van der Waals surface area contributed by atoms with Gasteiger partial charge in [0.15, 0.2) is 0 Å². The molecule has 0 aliphatic carbocycles. The van der Waals surface area contributed by atoms with E-state index in [0.29, 0.717) is 17.0 Å². The van der Waals surface area contributed by atoms with E-state index in [1.54, 1.807) is 6.20 Å². The molecule has 1 heterocycles. The summed E-state index contributed by atoms with van der Waals surface area (Å²) >= 11 is 3.28. The van der Waals surface area contributed by atoms with Crippen LogP contribution in [0.25, 0.3) is 0 Å². The minimum absolute atomic E-state index is 0.270. The smallest absolute Gasteiger partial charge is 0.320 e. The Kier molecular flexibility index (Phi) is 3.99.